The van der Waals surface area contributed by atoms with Crippen molar-refractivity contribution in [1.82, 2.24) is 25.6 Å². The lowest BCUT2D eigenvalue weighted by Crippen LogP contribution is -2.25. The smallest absolute Gasteiger partial charge is 0.244 e. The minimum absolute atomic E-state index is 0.162. The van der Waals surface area contributed by atoms with Crippen LogP contribution in [0.25, 0.3) is 10.9 Å². The van der Waals surface area contributed by atoms with Gasteiger partial charge in [-0.15, -0.1) is 0 Å². The first-order chi connectivity index (χ1) is 22.1. The number of aromatic nitrogens is 3. The monoisotopic (exact) mass is 597 g/mol. The van der Waals surface area contributed by atoms with Gasteiger partial charge in [0.1, 0.15) is 24.2 Å². The molecule has 10 nitrogen and oxygen atoms in total. The highest BCUT2D eigenvalue weighted by atomic mass is 16.5. The summed E-state index contributed by atoms with van der Waals surface area (Å²) >= 11 is 0. The Balaban J connectivity index is 1.28. The van der Waals surface area contributed by atoms with Gasteiger partial charge in [-0.05, 0) is 55.8 Å². The fraction of sp³-hybridized carbons (Fsp3) is 0.171. The predicted octanol–water partition coefficient (Wildman–Crippen LogP) is 5.94. The van der Waals surface area contributed by atoms with Crippen molar-refractivity contribution < 1.29 is 14.3 Å². The summed E-state index contributed by atoms with van der Waals surface area (Å²) in [6.07, 6.45) is 9.87. The molecule has 0 aliphatic carbocycles. The van der Waals surface area contributed by atoms with Crippen LogP contribution in [0.15, 0.2) is 103 Å². The molecule has 1 saturated heterocycles. The molecule has 0 radical (unpaired) electrons. The second-order valence-corrected chi connectivity index (χ2v) is 10.5. The molecule has 0 unspecified atom stereocenters. The van der Waals surface area contributed by atoms with Crippen LogP contribution in [0.1, 0.15) is 29.5 Å². The fourth-order valence-electron chi connectivity index (χ4n) is 4.98. The zero-order valence-corrected chi connectivity index (χ0v) is 24.5. The number of hydrogen-bond acceptors (Lipinski definition) is 9. The molecular formula is C35H31N7O3. The van der Waals surface area contributed by atoms with Crippen LogP contribution in [0.2, 0.25) is 0 Å². The zero-order chi connectivity index (χ0) is 30.8. The summed E-state index contributed by atoms with van der Waals surface area (Å²) in [6, 6.07) is 23.0. The van der Waals surface area contributed by atoms with Gasteiger partial charge in [-0.2, -0.15) is 5.26 Å². The Kier molecular flexibility index (Phi) is 9.19. The van der Waals surface area contributed by atoms with E-state index in [2.05, 4.69) is 37.0 Å². The molecule has 3 N–H and O–H groups in total. The standard InChI is InChI=1S/C35H31N7O3/c36-19-27-21-39-31-18-32(45-29-10-14-38-15-11-29)26(20-40-33(43)16-24-8-12-37-13-9-24)17-30(31)35(27)42-28-6-7-34(41-22-28)44-23-25-4-2-1-3-5-25/h1-7,10-11,14-18,21-22,37H,8-9,12-13,20,23H2,(H,39,42)(H,40,43). The first-order valence-electron chi connectivity index (χ1n) is 14.7. The zero-order valence-electron chi connectivity index (χ0n) is 24.5. The van der Waals surface area contributed by atoms with Crippen LogP contribution in [0.4, 0.5) is 11.4 Å². The second kappa shape index (κ2) is 14.1. The lowest BCUT2D eigenvalue weighted by molar-refractivity contribution is -0.116. The van der Waals surface area contributed by atoms with Gasteiger partial charge in [0.25, 0.3) is 0 Å². The molecule has 0 saturated carbocycles. The Hall–Kier alpha value is -5.79. The third-order valence-corrected chi connectivity index (χ3v) is 7.32. The summed E-state index contributed by atoms with van der Waals surface area (Å²) in [7, 11) is 0. The average Bonchev–Trinajstić information content (AvgIpc) is 3.08. The molecule has 1 aliphatic heterocycles. The number of nitrogens with zero attached hydrogens (tertiary/aromatic N) is 4. The van der Waals surface area contributed by atoms with Crippen LogP contribution in [-0.4, -0.2) is 33.9 Å². The van der Waals surface area contributed by atoms with Crippen LogP contribution in [0.3, 0.4) is 0 Å². The van der Waals surface area contributed by atoms with E-state index in [0.29, 0.717) is 51.8 Å². The number of nitriles is 1. The molecule has 1 amide bonds. The predicted molar refractivity (Wildman–Crippen MR) is 171 cm³/mol. The number of benzene rings is 2. The SMILES string of the molecule is N#Cc1cnc2cc(Oc3ccncc3)c(CNC(=O)C=C3CCNCC3)cc2c1Nc1ccc(OCc2ccccc2)nc1. The van der Waals surface area contributed by atoms with Crippen molar-refractivity contribution in [2.24, 2.45) is 0 Å². The van der Waals surface area contributed by atoms with Crippen LogP contribution in [0, 0.1) is 11.3 Å². The Morgan fingerprint density at radius 3 is 2.58 bits per heavy atom. The summed E-state index contributed by atoms with van der Waals surface area (Å²) in [6.45, 7) is 2.36. The second-order valence-electron chi connectivity index (χ2n) is 10.5. The van der Waals surface area contributed by atoms with Crippen molar-refractivity contribution in [3.05, 3.63) is 120 Å². The summed E-state index contributed by atoms with van der Waals surface area (Å²) in [5.74, 6) is 1.46. The molecule has 2 aromatic carbocycles. The summed E-state index contributed by atoms with van der Waals surface area (Å²) in [5, 5.41) is 20.3. The number of amides is 1. The van der Waals surface area contributed by atoms with E-state index >= 15 is 0 Å². The number of carbonyl (C=O) groups is 1. The van der Waals surface area contributed by atoms with Crippen molar-refractivity contribution in [1.29, 1.82) is 5.26 Å². The van der Waals surface area contributed by atoms with E-state index in [1.54, 1.807) is 42.9 Å². The van der Waals surface area contributed by atoms with Gasteiger partial charge < -0.3 is 25.4 Å². The number of anilines is 2. The summed E-state index contributed by atoms with van der Waals surface area (Å²) < 4.78 is 12.0. The lowest BCUT2D eigenvalue weighted by atomic mass is 10.0. The van der Waals surface area contributed by atoms with Crippen molar-refractivity contribution in [3.63, 3.8) is 0 Å². The first kappa shape index (κ1) is 29.3. The molecule has 0 bridgehead atoms. The van der Waals surface area contributed by atoms with Crippen molar-refractivity contribution in [2.45, 2.75) is 26.0 Å². The molecule has 4 heterocycles. The third kappa shape index (κ3) is 7.60. The largest absolute Gasteiger partial charge is 0.473 e. The number of ether oxygens (including phenoxy) is 2. The van der Waals surface area contributed by atoms with Gasteiger partial charge in [0.2, 0.25) is 11.8 Å². The third-order valence-electron chi connectivity index (χ3n) is 7.32. The maximum Gasteiger partial charge on any atom is 0.244 e. The number of fused-ring (bicyclic) bond motifs is 1. The quantitative estimate of drug-likeness (QED) is 0.167. The molecule has 6 rings (SSSR count). The van der Waals surface area contributed by atoms with Gasteiger partial charge in [-0.3, -0.25) is 14.8 Å². The van der Waals surface area contributed by atoms with Crippen molar-refractivity contribution >= 4 is 28.2 Å². The van der Waals surface area contributed by atoms with Crippen LogP contribution >= 0.6 is 0 Å². The van der Waals surface area contributed by atoms with E-state index < -0.39 is 0 Å². The van der Waals surface area contributed by atoms with Gasteiger partial charge in [-0.1, -0.05) is 35.9 Å². The Morgan fingerprint density at radius 1 is 1.00 bits per heavy atom. The molecule has 1 fully saturated rings. The molecule has 224 valence electrons. The van der Waals surface area contributed by atoms with Gasteiger partial charge in [0.05, 0.1) is 28.7 Å². The van der Waals surface area contributed by atoms with E-state index in [0.717, 1.165) is 42.6 Å². The Bertz CT molecular complexity index is 1850. The normalized spacial score (nSPS) is 12.6. The van der Waals surface area contributed by atoms with Crippen molar-refractivity contribution in [3.8, 4) is 23.4 Å². The maximum atomic E-state index is 12.8. The van der Waals surface area contributed by atoms with Gasteiger partial charge in [0, 0.05) is 54.3 Å². The topological polar surface area (TPSA) is 134 Å². The molecule has 1 aliphatic rings. The van der Waals surface area contributed by atoms with E-state index in [1.807, 2.05) is 48.5 Å². The molecular weight excluding hydrogens is 566 g/mol. The minimum atomic E-state index is -0.162. The van der Waals surface area contributed by atoms with Crippen LogP contribution in [-0.2, 0) is 17.9 Å². The first-order valence-corrected chi connectivity index (χ1v) is 14.7. The van der Waals surface area contributed by atoms with E-state index in [9.17, 15) is 10.1 Å². The highest BCUT2D eigenvalue weighted by Gasteiger charge is 2.16. The highest BCUT2D eigenvalue weighted by molar-refractivity contribution is 5.97. The maximum absolute atomic E-state index is 12.8. The van der Waals surface area contributed by atoms with E-state index in [-0.39, 0.29) is 12.5 Å². The number of pyridine rings is 3. The van der Waals surface area contributed by atoms with E-state index in [1.165, 1.54) is 6.20 Å². The fourth-order valence-corrected chi connectivity index (χ4v) is 4.98. The van der Waals surface area contributed by atoms with Crippen LogP contribution < -0.4 is 25.4 Å². The Labute approximate surface area is 260 Å². The number of rotatable bonds is 10. The van der Waals surface area contributed by atoms with E-state index in [4.69, 9.17) is 9.47 Å². The number of nitrogens with one attached hydrogen (secondary N) is 3. The Morgan fingerprint density at radius 2 is 1.82 bits per heavy atom. The number of carbonyl (C=O) groups excluding carboxylic acids is 1. The van der Waals surface area contributed by atoms with Gasteiger partial charge >= 0.3 is 0 Å². The molecule has 10 heteroatoms. The molecule has 5 aromatic rings. The number of piperidine rings is 1. The van der Waals surface area contributed by atoms with Crippen molar-refractivity contribution in [2.75, 3.05) is 18.4 Å². The highest BCUT2D eigenvalue weighted by Crippen LogP contribution is 2.35. The summed E-state index contributed by atoms with van der Waals surface area (Å²) in [4.78, 5) is 25.9. The van der Waals surface area contributed by atoms with Crippen LogP contribution in [0.5, 0.6) is 17.4 Å². The summed E-state index contributed by atoms with van der Waals surface area (Å²) in [5.41, 5.74) is 5.11. The molecule has 0 atom stereocenters. The lowest BCUT2D eigenvalue weighted by Gasteiger charge is -2.17. The molecule has 45 heavy (non-hydrogen) atoms. The minimum Gasteiger partial charge on any atom is -0.473 e. The number of hydrogen-bond donors (Lipinski definition) is 3. The average molecular weight is 598 g/mol. The molecule has 0 spiro atoms. The van der Waals surface area contributed by atoms with Gasteiger partial charge in [-0.25, -0.2) is 4.98 Å². The molecule has 3 aromatic heterocycles. The van der Waals surface area contributed by atoms with Gasteiger partial charge in [0.15, 0.2) is 0 Å².